The maximum absolute atomic E-state index is 4.35. The fraction of sp³-hybridized carbons (Fsp3) is 0.429. The van der Waals surface area contributed by atoms with Crippen molar-refractivity contribution in [2.24, 2.45) is 0 Å². The molecule has 2 aromatic heterocycles. The maximum Gasteiger partial charge on any atom is 0.0890 e. The zero-order chi connectivity index (χ0) is 12.6. The molecule has 16 heavy (non-hydrogen) atoms. The van der Waals surface area contributed by atoms with Crippen molar-refractivity contribution >= 4 is 11.0 Å². The Labute approximate surface area is 98.8 Å². The van der Waals surface area contributed by atoms with Gasteiger partial charge in [0.15, 0.2) is 0 Å². The Morgan fingerprint density at radius 3 is 1.25 bits per heavy atom. The molecule has 2 rings (SSSR count). The lowest BCUT2D eigenvalue weighted by Gasteiger charge is -1.98. The summed E-state index contributed by atoms with van der Waals surface area (Å²) in [5, 5.41) is 0. The molecular formula is C14H22N2. The summed E-state index contributed by atoms with van der Waals surface area (Å²) in [4.78, 5) is 8.71. The molecule has 88 valence electrons. The Balaban J connectivity index is 0.000000509. The minimum Gasteiger partial charge on any atom is -0.251 e. The first-order chi connectivity index (χ1) is 7.75. The molecule has 0 saturated heterocycles. The molecule has 0 atom stereocenters. The number of fused-ring (bicyclic) bond motifs is 1. The van der Waals surface area contributed by atoms with E-state index in [1.807, 2.05) is 65.8 Å². The molecule has 0 aliphatic rings. The summed E-state index contributed by atoms with van der Waals surface area (Å²) < 4.78 is 0. The normalized spacial score (nSPS) is 8.62. The van der Waals surface area contributed by atoms with Gasteiger partial charge in [0.2, 0.25) is 0 Å². The molecule has 2 aromatic rings. The minimum absolute atomic E-state index is 0.973. The van der Waals surface area contributed by atoms with E-state index in [2.05, 4.69) is 9.97 Å². The standard InChI is InChI=1S/C10H10N2.2C2H6/c1-7-3-5-10-9(11-7)6-4-8(2)12-10;2*1-2/h3-6H,1-2H3;2*1-2H3. The van der Waals surface area contributed by atoms with Crippen LogP contribution < -0.4 is 0 Å². The van der Waals surface area contributed by atoms with E-state index in [4.69, 9.17) is 0 Å². The molecule has 0 spiro atoms. The third-order valence-corrected chi connectivity index (χ3v) is 1.82. The number of aryl methyl sites for hydroxylation is 2. The number of hydrogen-bond donors (Lipinski definition) is 0. The summed E-state index contributed by atoms with van der Waals surface area (Å²) in [5.74, 6) is 0. The van der Waals surface area contributed by atoms with Crippen molar-refractivity contribution in [1.29, 1.82) is 0 Å². The summed E-state index contributed by atoms with van der Waals surface area (Å²) in [6, 6.07) is 7.97. The van der Waals surface area contributed by atoms with Crippen molar-refractivity contribution in [2.75, 3.05) is 0 Å². The predicted molar refractivity (Wildman–Crippen MR) is 71.7 cm³/mol. The predicted octanol–water partition coefficient (Wildman–Crippen LogP) is 4.30. The van der Waals surface area contributed by atoms with Gasteiger partial charge in [0.1, 0.15) is 0 Å². The highest BCUT2D eigenvalue weighted by atomic mass is 14.8. The fourth-order valence-corrected chi connectivity index (χ4v) is 1.21. The van der Waals surface area contributed by atoms with Gasteiger partial charge in [-0.25, -0.2) is 0 Å². The van der Waals surface area contributed by atoms with Gasteiger partial charge in [-0.3, -0.25) is 9.97 Å². The van der Waals surface area contributed by atoms with Gasteiger partial charge in [-0.15, -0.1) is 0 Å². The van der Waals surface area contributed by atoms with Crippen LogP contribution in [0.2, 0.25) is 0 Å². The number of rotatable bonds is 0. The van der Waals surface area contributed by atoms with Crippen LogP contribution in [0.5, 0.6) is 0 Å². The average molecular weight is 218 g/mol. The van der Waals surface area contributed by atoms with Crippen LogP contribution in [-0.4, -0.2) is 9.97 Å². The van der Waals surface area contributed by atoms with E-state index in [1.165, 1.54) is 0 Å². The lowest BCUT2D eigenvalue weighted by atomic mass is 10.2. The van der Waals surface area contributed by atoms with Crippen LogP contribution in [0.25, 0.3) is 11.0 Å². The van der Waals surface area contributed by atoms with Gasteiger partial charge in [-0.2, -0.15) is 0 Å². The van der Waals surface area contributed by atoms with Crippen molar-refractivity contribution in [2.45, 2.75) is 41.5 Å². The molecule has 2 nitrogen and oxygen atoms in total. The van der Waals surface area contributed by atoms with Crippen molar-refractivity contribution in [3.05, 3.63) is 35.7 Å². The first-order valence-electron chi connectivity index (χ1n) is 5.97. The number of aromatic nitrogens is 2. The first-order valence-corrected chi connectivity index (χ1v) is 5.97. The summed E-state index contributed by atoms with van der Waals surface area (Å²) in [7, 11) is 0. The Kier molecular flexibility index (Phi) is 7.10. The summed E-state index contributed by atoms with van der Waals surface area (Å²) in [6.45, 7) is 12.0. The molecule has 0 bridgehead atoms. The lowest BCUT2D eigenvalue weighted by molar-refractivity contribution is 1.20. The van der Waals surface area contributed by atoms with Gasteiger partial charge >= 0.3 is 0 Å². The SMILES string of the molecule is CC.CC.Cc1ccc2nc(C)ccc2n1. The van der Waals surface area contributed by atoms with Crippen LogP contribution in [0.3, 0.4) is 0 Å². The van der Waals surface area contributed by atoms with Crippen LogP contribution in [-0.2, 0) is 0 Å². The third kappa shape index (κ3) is 3.97. The van der Waals surface area contributed by atoms with Crippen molar-refractivity contribution < 1.29 is 0 Å². The Morgan fingerprint density at radius 1 is 0.625 bits per heavy atom. The molecule has 2 heterocycles. The van der Waals surface area contributed by atoms with Crippen molar-refractivity contribution in [3.63, 3.8) is 0 Å². The highest BCUT2D eigenvalue weighted by Crippen LogP contribution is 2.09. The number of nitrogens with zero attached hydrogens (tertiary/aromatic N) is 2. The fourth-order valence-electron chi connectivity index (χ4n) is 1.21. The molecule has 2 heteroatoms. The van der Waals surface area contributed by atoms with E-state index in [1.54, 1.807) is 0 Å². The topological polar surface area (TPSA) is 25.8 Å². The van der Waals surface area contributed by atoms with Crippen molar-refractivity contribution in [3.8, 4) is 0 Å². The van der Waals surface area contributed by atoms with Gasteiger partial charge in [-0.1, -0.05) is 27.7 Å². The van der Waals surface area contributed by atoms with Crippen LogP contribution in [0.4, 0.5) is 0 Å². The molecule has 0 aromatic carbocycles. The van der Waals surface area contributed by atoms with Gasteiger partial charge in [0.05, 0.1) is 11.0 Å². The molecule has 0 radical (unpaired) electrons. The number of hydrogen-bond acceptors (Lipinski definition) is 2. The van der Waals surface area contributed by atoms with E-state index in [0.717, 1.165) is 22.4 Å². The zero-order valence-corrected chi connectivity index (χ0v) is 11.2. The van der Waals surface area contributed by atoms with Gasteiger partial charge in [-0.05, 0) is 38.1 Å². The molecule has 0 saturated carbocycles. The Morgan fingerprint density at radius 2 is 0.938 bits per heavy atom. The number of pyridine rings is 2. The second kappa shape index (κ2) is 7.80. The van der Waals surface area contributed by atoms with Gasteiger partial charge in [0, 0.05) is 11.4 Å². The molecule has 0 aliphatic heterocycles. The van der Waals surface area contributed by atoms with Crippen LogP contribution >= 0.6 is 0 Å². The molecule has 0 unspecified atom stereocenters. The summed E-state index contributed by atoms with van der Waals surface area (Å²) >= 11 is 0. The quantitative estimate of drug-likeness (QED) is 0.659. The Bertz CT molecular complexity index is 381. The average Bonchev–Trinajstić information content (AvgIpc) is 2.35. The highest BCUT2D eigenvalue weighted by molar-refractivity contribution is 5.74. The van der Waals surface area contributed by atoms with E-state index in [9.17, 15) is 0 Å². The third-order valence-electron chi connectivity index (χ3n) is 1.82. The summed E-state index contributed by atoms with van der Waals surface area (Å²) in [5.41, 5.74) is 4.02. The van der Waals surface area contributed by atoms with E-state index in [-0.39, 0.29) is 0 Å². The van der Waals surface area contributed by atoms with Gasteiger partial charge < -0.3 is 0 Å². The highest BCUT2D eigenvalue weighted by Gasteiger charge is 1.95. The van der Waals surface area contributed by atoms with Crippen LogP contribution in [0.1, 0.15) is 39.1 Å². The molecular weight excluding hydrogens is 196 g/mol. The monoisotopic (exact) mass is 218 g/mol. The smallest absolute Gasteiger partial charge is 0.0890 e. The summed E-state index contributed by atoms with van der Waals surface area (Å²) in [6.07, 6.45) is 0. The Hall–Kier alpha value is -1.44. The van der Waals surface area contributed by atoms with E-state index < -0.39 is 0 Å². The first kappa shape index (κ1) is 14.6. The molecule has 0 aliphatic carbocycles. The second-order valence-corrected chi connectivity index (χ2v) is 2.94. The van der Waals surface area contributed by atoms with Crippen LogP contribution in [0.15, 0.2) is 24.3 Å². The van der Waals surface area contributed by atoms with Crippen LogP contribution in [0, 0.1) is 13.8 Å². The molecule has 0 amide bonds. The largest absolute Gasteiger partial charge is 0.251 e. The van der Waals surface area contributed by atoms with Crippen molar-refractivity contribution in [1.82, 2.24) is 9.97 Å². The molecule has 0 N–H and O–H groups in total. The second-order valence-electron chi connectivity index (χ2n) is 2.94. The van der Waals surface area contributed by atoms with Gasteiger partial charge in [0.25, 0.3) is 0 Å². The lowest BCUT2D eigenvalue weighted by Crippen LogP contribution is -1.87. The maximum atomic E-state index is 4.35. The molecule has 0 fully saturated rings. The minimum atomic E-state index is 0.973. The zero-order valence-electron chi connectivity index (χ0n) is 11.2. The van der Waals surface area contributed by atoms with E-state index >= 15 is 0 Å². The van der Waals surface area contributed by atoms with E-state index in [0.29, 0.717) is 0 Å².